The summed E-state index contributed by atoms with van der Waals surface area (Å²) in [6, 6.07) is 11.4. The molecule has 8 heteroatoms. The van der Waals surface area contributed by atoms with Gasteiger partial charge in [-0.3, -0.25) is 0 Å². The van der Waals surface area contributed by atoms with Crippen molar-refractivity contribution in [3.8, 4) is 0 Å². The molecule has 0 heterocycles. The van der Waals surface area contributed by atoms with Crippen molar-refractivity contribution >= 4 is 47.1 Å². The van der Waals surface area contributed by atoms with Crippen LogP contribution < -0.4 is 0 Å². The molecule has 0 aliphatic rings. The molecule has 0 aliphatic carbocycles. The van der Waals surface area contributed by atoms with Crippen molar-refractivity contribution in [1.29, 1.82) is 0 Å². The van der Waals surface area contributed by atoms with Crippen LogP contribution in [0.2, 0.25) is 0 Å². The predicted octanol–water partition coefficient (Wildman–Crippen LogP) is 3.55. The molecule has 122 valence electrons. The van der Waals surface area contributed by atoms with Crippen LogP contribution in [0.4, 0.5) is 22.7 Å². The molecule has 0 aromatic heterocycles. The third-order valence-electron chi connectivity index (χ3n) is 2.75. The van der Waals surface area contributed by atoms with Gasteiger partial charge in [-0.05, 0) is 36.8 Å². The fourth-order valence-electron chi connectivity index (χ4n) is 1.64. The van der Waals surface area contributed by atoms with Crippen LogP contribution in [0.25, 0.3) is 0 Å². The molecule has 0 saturated carbocycles. The average Bonchev–Trinajstić information content (AvgIpc) is 2.61. The summed E-state index contributed by atoms with van der Waals surface area (Å²) in [6.45, 7) is 1.80. The number of nitrogens with zero attached hydrogens (tertiary/aromatic N) is 4. The normalized spacial score (nSPS) is 8.20. The van der Waals surface area contributed by atoms with Gasteiger partial charge in [-0.1, -0.05) is 18.2 Å². The summed E-state index contributed by atoms with van der Waals surface area (Å²) in [5.74, 6) is 0. The molecule has 8 nitrogen and oxygen atoms in total. The third-order valence-corrected chi connectivity index (χ3v) is 2.75. The second-order valence-electron chi connectivity index (χ2n) is 4.27. The first kappa shape index (κ1) is 19.0. The van der Waals surface area contributed by atoms with E-state index in [1.807, 2.05) is 0 Å². The van der Waals surface area contributed by atoms with Crippen LogP contribution in [0.1, 0.15) is 5.56 Å². The van der Waals surface area contributed by atoms with Gasteiger partial charge in [0.1, 0.15) is 11.4 Å². The summed E-state index contributed by atoms with van der Waals surface area (Å²) < 4.78 is 0. The second kappa shape index (κ2) is 10.6. The van der Waals surface area contributed by atoms with Crippen molar-refractivity contribution in [2.45, 2.75) is 6.92 Å². The lowest BCUT2D eigenvalue weighted by molar-refractivity contribution is 0.564. The van der Waals surface area contributed by atoms with Crippen LogP contribution in [0.5, 0.6) is 0 Å². The highest BCUT2D eigenvalue weighted by atomic mass is 16.1. The number of hydrogen-bond acceptors (Lipinski definition) is 8. The van der Waals surface area contributed by atoms with Gasteiger partial charge in [0.05, 0.1) is 11.4 Å². The lowest BCUT2D eigenvalue weighted by Crippen LogP contribution is -1.73. The van der Waals surface area contributed by atoms with Gasteiger partial charge in [0, 0.05) is 0 Å². The molecule has 0 saturated heterocycles. The van der Waals surface area contributed by atoms with E-state index in [4.69, 9.17) is 0 Å². The van der Waals surface area contributed by atoms with Gasteiger partial charge in [-0.2, -0.15) is 20.0 Å². The number of rotatable bonds is 4. The molecule has 0 unspecified atom stereocenters. The zero-order valence-electron chi connectivity index (χ0n) is 13.0. The lowest BCUT2D eigenvalue weighted by atomic mass is 10.2. The zero-order valence-corrected chi connectivity index (χ0v) is 13.0. The van der Waals surface area contributed by atoms with Crippen LogP contribution in [0.3, 0.4) is 0 Å². The van der Waals surface area contributed by atoms with Gasteiger partial charge in [-0.25, -0.2) is 19.2 Å². The molecule has 0 aliphatic heterocycles. The Morgan fingerprint density at radius 1 is 0.640 bits per heavy atom. The molecular weight excluding hydrogens is 324 g/mol. The van der Waals surface area contributed by atoms with E-state index in [1.54, 1.807) is 43.3 Å². The smallest absolute Gasteiger partial charge is 0.211 e. The van der Waals surface area contributed by atoms with Crippen LogP contribution >= 0.6 is 0 Å². The largest absolute Gasteiger partial charge is 0.240 e. The van der Waals surface area contributed by atoms with Crippen molar-refractivity contribution < 1.29 is 19.2 Å². The number of benzene rings is 2. The zero-order chi connectivity index (χ0) is 18.5. The molecule has 0 N–H and O–H groups in total. The summed E-state index contributed by atoms with van der Waals surface area (Å²) in [4.78, 5) is 53.3. The van der Waals surface area contributed by atoms with E-state index in [-0.39, 0.29) is 0 Å². The van der Waals surface area contributed by atoms with Crippen LogP contribution in [0, 0.1) is 6.92 Å². The molecule has 0 atom stereocenters. The molecule has 2 aromatic rings. The fraction of sp³-hybridized carbons (Fsp3) is 0.0588. The first-order valence-corrected chi connectivity index (χ1v) is 6.67. The van der Waals surface area contributed by atoms with Gasteiger partial charge in [0.25, 0.3) is 0 Å². The van der Waals surface area contributed by atoms with E-state index in [2.05, 4.69) is 20.0 Å². The summed E-state index contributed by atoms with van der Waals surface area (Å²) in [7, 11) is 0. The highest BCUT2D eigenvalue weighted by molar-refractivity contribution is 5.67. The minimum absolute atomic E-state index is 0.316. The Kier molecular flexibility index (Phi) is 8.10. The third kappa shape index (κ3) is 6.30. The van der Waals surface area contributed by atoms with Crippen LogP contribution in [0.15, 0.2) is 62.4 Å². The summed E-state index contributed by atoms with van der Waals surface area (Å²) >= 11 is 0. The first-order valence-electron chi connectivity index (χ1n) is 6.67. The Hall–Kier alpha value is -4.04. The van der Waals surface area contributed by atoms with Gasteiger partial charge < -0.3 is 0 Å². The minimum atomic E-state index is 0.316. The maximum absolute atomic E-state index is 10.00. The monoisotopic (exact) mass is 334 g/mol. The highest BCUT2D eigenvalue weighted by Crippen LogP contribution is 2.25. The first-order chi connectivity index (χ1) is 12.2. The fourth-order valence-corrected chi connectivity index (χ4v) is 1.64. The number of carbonyl (C=O) groups excluding carboxylic acids is 4. The molecule has 0 fully saturated rings. The Bertz CT molecular complexity index is 908. The number of hydrogen-bond donors (Lipinski definition) is 0. The molecule has 0 spiro atoms. The number of aliphatic imine (C=N–C) groups is 4. The van der Waals surface area contributed by atoms with Gasteiger partial charge >= 0.3 is 0 Å². The summed E-state index contributed by atoms with van der Waals surface area (Å²) in [6.07, 6.45) is 5.57. The van der Waals surface area contributed by atoms with Gasteiger partial charge in [0.2, 0.25) is 24.3 Å². The van der Waals surface area contributed by atoms with Crippen molar-refractivity contribution in [3.05, 3.63) is 48.0 Å². The molecule has 25 heavy (non-hydrogen) atoms. The molecular formula is C17H10N4O4. The van der Waals surface area contributed by atoms with Crippen molar-refractivity contribution in [2.24, 2.45) is 20.0 Å². The van der Waals surface area contributed by atoms with Crippen LogP contribution in [-0.4, -0.2) is 24.3 Å². The van der Waals surface area contributed by atoms with E-state index in [0.29, 0.717) is 22.7 Å². The van der Waals surface area contributed by atoms with E-state index in [9.17, 15) is 19.2 Å². The quantitative estimate of drug-likeness (QED) is 0.627. The van der Waals surface area contributed by atoms with Gasteiger partial charge in [-0.15, -0.1) is 0 Å². The molecule has 0 bridgehead atoms. The van der Waals surface area contributed by atoms with Crippen molar-refractivity contribution in [1.82, 2.24) is 0 Å². The standard InChI is InChI=1S/C9H6N2O2.C8H4N2O2/c1-7-2-3-8(10-5-12)4-9(7)11-6-13;11-5-9-7-3-1-2-4-8(7)10-6-12/h2-4H,1H3;1-4H. The van der Waals surface area contributed by atoms with Crippen molar-refractivity contribution in [2.75, 3.05) is 0 Å². The number of aryl methyl sites for hydroxylation is 1. The highest BCUT2D eigenvalue weighted by Gasteiger charge is 1.97. The van der Waals surface area contributed by atoms with E-state index >= 15 is 0 Å². The summed E-state index contributed by atoms with van der Waals surface area (Å²) in [5.41, 5.74) is 2.35. The lowest BCUT2D eigenvalue weighted by Gasteiger charge is -1.97. The second-order valence-corrected chi connectivity index (χ2v) is 4.27. The SMILES string of the molecule is Cc1ccc(N=C=O)cc1N=C=O.O=C=Nc1ccccc1N=C=O. The predicted molar refractivity (Wildman–Crippen MR) is 88.7 cm³/mol. The van der Waals surface area contributed by atoms with Gasteiger partial charge in [0.15, 0.2) is 0 Å². The van der Waals surface area contributed by atoms with Crippen molar-refractivity contribution in [3.63, 3.8) is 0 Å². The average molecular weight is 334 g/mol. The minimum Gasteiger partial charge on any atom is -0.211 e. The topological polar surface area (TPSA) is 118 Å². The molecule has 2 aromatic carbocycles. The van der Waals surface area contributed by atoms with E-state index in [0.717, 1.165) is 5.56 Å². The number of para-hydroxylation sites is 2. The Morgan fingerprint density at radius 2 is 1.12 bits per heavy atom. The van der Waals surface area contributed by atoms with E-state index in [1.165, 1.54) is 30.4 Å². The molecule has 0 amide bonds. The Labute approximate surface area is 142 Å². The number of isocyanates is 4. The Morgan fingerprint density at radius 3 is 1.60 bits per heavy atom. The van der Waals surface area contributed by atoms with E-state index < -0.39 is 0 Å². The maximum atomic E-state index is 10.00. The maximum Gasteiger partial charge on any atom is 0.240 e. The summed E-state index contributed by atoms with van der Waals surface area (Å²) in [5, 5.41) is 0. The Balaban J connectivity index is 0.000000251. The van der Waals surface area contributed by atoms with Crippen LogP contribution in [-0.2, 0) is 19.2 Å². The molecule has 0 radical (unpaired) electrons. The molecule has 2 rings (SSSR count).